The number of para-hydroxylation sites is 2. The Morgan fingerprint density at radius 3 is 2.55 bits per heavy atom. The predicted molar refractivity (Wildman–Crippen MR) is 75.8 cm³/mol. The second kappa shape index (κ2) is 6.33. The largest absolute Gasteiger partial charge is 0.362 e. The molecule has 0 unspecified atom stereocenters. The highest BCUT2D eigenvalue weighted by atomic mass is 16.6. The number of likely N-dealkylation sites (N-methyl/N-ethyl adjacent to an activating group) is 1. The molecule has 1 fully saturated rings. The molecule has 1 N–H and O–H groups in total. The van der Waals surface area contributed by atoms with Gasteiger partial charge in [0.2, 0.25) is 5.91 Å². The van der Waals surface area contributed by atoms with Gasteiger partial charge in [-0.15, -0.1) is 0 Å². The van der Waals surface area contributed by atoms with E-state index in [4.69, 9.17) is 0 Å². The van der Waals surface area contributed by atoms with Crippen molar-refractivity contribution in [1.82, 2.24) is 10.2 Å². The number of carbonyl (C=O) groups excluding carboxylic acids is 1. The molecule has 0 spiro atoms. The standard InChI is InChI=1S/C13H18N4O3/c1-14-10-13(18)16-8-6-15(7-9-16)11-4-2-3-5-12(11)17(19)20/h2-5,14H,6-10H2,1H3. The number of rotatable bonds is 4. The van der Waals surface area contributed by atoms with Crippen LogP contribution in [0, 0.1) is 10.1 Å². The molecule has 1 aliphatic heterocycles. The van der Waals surface area contributed by atoms with Gasteiger partial charge in [-0.05, 0) is 13.1 Å². The Morgan fingerprint density at radius 1 is 1.30 bits per heavy atom. The summed E-state index contributed by atoms with van der Waals surface area (Å²) >= 11 is 0. The number of nitro benzene ring substituents is 1. The van der Waals surface area contributed by atoms with Crippen LogP contribution in [0.25, 0.3) is 0 Å². The minimum atomic E-state index is -0.367. The number of carbonyl (C=O) groups is 1. The molecule has 0 atom stereocenters. The Hall–Kier alpha value is -2.15. The van der Waals surface area contributed by atoms with Crippen molar-refractivity contribution in [1.29, 1.82) is 0 Å². The fourth-order valence-corrected chi connectivity index (χ4v) is 2.35. The molecule has 0 radical (unpaired) electrons. The van der Waals surface area contributed by atoms with Crippen LogP contribution in [-0.2, 0) is 4.79 Å². The molecule has 0 aromatic heterocycles. The average Bonchev–Trinajstić information content (AvgIpc) is 2.47. The number of amides is 1. The van der Waals surface area contributed by atoms with Crippen LogP contribution in [0.2, 0.25) is 0 Å². The van der Waals surface area contributed by atoms with Crippen molar-refractivity contribution in [2.75, 3.05) is 44.7 Å². The fourth-order valence-electron chi connectivity index (χ4n) is 2.35. The second-order valence-electron chi connectivity index (χ2n) is 4.64. The summed E-state index contributed by atoms with van der Waals surface area (Å²) in [5.74, 6) is 0.0645. The molecule has 0 bridgehead atoms. The van der Waals surface area contributed by atoms with E-state index in [2.05, 4.69) is 5.32 Å². The van der Waals surface area contributed by atoms with E-state index in [0.717, 1.165) is 0 Å². The quantitative estimate of drug-likeness (QED) is 0.639. The summed E-state index contributed by atoms with van der Waals surface area (Å²) in [5.41, 5.74) is 0.737. The molecule has 1 aromatic rings. The number of anilines is 1. The summed E-state index contributed by atoms with van der Waals surface area (Å²) in [6, 6.07) is 6.71. The Morgan fingerprint density at radius 2 is 1.95 bits per heavy atom. The van der Waals surface area contributed by atoms with Crippen molar-refractivity contribution in [2.24, 2.45) is 0 Å². The molecule has 7 heteroatoms. The van der Waals surface area contributed by atoms with Crippen LogP contribution in [-0.4, -0.2) is 55.5 Å². The van der Waals surface area contributed by atoms with E-state index >= 15 is 0 Å². The maximum absolute atomic E-state index is 11.8. The summed E-state index contributed by atoms with van der Waals surface area (Å²) in [5, 5.41) is 13.9. The van der Waals surface area contributed by atoms with Gasteiger partial charge in [-0.1, -0.05) is 12.1 Å². The van der Waals surface area contributed by atoms with E-state index in [9.17, 15) is 14.9 Å². The highest BCUT2D eigenvalue weighted by molar-refractivity contribution is 5.78. The highest BCUT2D eigenvalue weighted by Crippen LogP contribution is 2.28. The van der Waals surface area contributed by atoms with Gasteiger partial charge in [-0.3, -0.25) is 14.9 Å². The molecule has 0 saturated carbocycles. The van der Waals surface area contributed by atoms with E-state index in [1.165, 1.54) is 6.07 Å². The van der Waals surface area contributed by atoms with Crippen LogP contribution in [0.1, 0.15) is 0 Å². The first-order valence-electron chi connectivity index (χ1n) is 6.54. The molecule has 1 heterocycles. The van der Waals surface area contributed by atoms with Gasteiger partial charge in [0.25, 0.3) is 5.69 Å². The second-order valence-corrected chi connectivity index (χ2v) is 4.64. The van der Waals surface area contributed by atoms with Gasteiger partial charge in [0.1, 0.15) is 5.69 Å². The summed E-state index contributed by atoms with van der Waals surface area (Å²) in [6.07, 6.45) is 0. The minimum Gasteiger partial charge on any atom is -0.362 e. The van der Waals surface area contributed by atoms with Crippen molar-refractivity contribution < 1.29 is 9.72 Å². The smallest absolute Gasteiger partial charge is 0.292 e. The lowest BCUT2D eigenvalue weighted by Gasteiger charge is -2.35. The molecule has 108 valence electrons. The summed E-state index contributed by atoms with van der Waals surface area (Å²) in [4.78, 5) is 26.2. The van der Waals surface area contributed by atoms with E-state index in [1.54, 1.807) is 30.1 Å². The van der Waals surface area contributed by atoms with Gasteiger partial charge in [0.05, 0.1) is 11.5 Å². The van der Waals surface area contributed by atoms with Crippen molar-refractivity contribution in [3.63, 3.8) is 0 Å². The molecule has 2 rings (SSSR count). The summed E-state index contributed by atoms with van der Waals surface area (Å²) < 4.78 is 0. The number of nitrogens with zero attached hydrogens (tertiary/aromatic N) is 3. The van der Waals surface area contributed by atoms with Crippen LogP contribution in [0.4, 0.5) is 11.4 Å². The van der Waals surface area contributed by atoms with Crippen LogP contribution in [0.3, 0.4) is 0 Å². The van der Waals surface area contributed by atoms with Crippen molar-refractivity contribution in [3.05, 3.63) is 34.4 Å². The molecule has 20 heavy (non-hydrogen) atoms. The van der Waals surface area contributed by atoms with E-state index in [0.29, 0.717) is 38.4 Å². The number of piperazine rings is 1. The van der Waals surface area contributed by atoms with Gasteiger partial charge >= 0.3 is 0 Å². The van der Waals surface area contributed by atoms with Gasteiger partial charge < -0.3 is 15.1 Å². The third-order valence-corrected chi connectivity index (χ3v) is 3.38. The van der Waals surface area contributed by atoms with E-state index in [1.807, 2.05) is 4.90 Å². The van der Waals surface area contributed by atoms with Gasteiger partial charge in [-0.2, -0.15) is 0 Å². The monoisotopic (exact) mass is 278 g/mol. The SMILES string of the molecule is CNCC(=O)N1CCN(c2ccccc2[N+](=O)[O-])CC1. The number of nitro groups is 1. The highest BCUT2D eigenvalue weighted by Gasteiger charge is 2.24. The molecule has 1 saturated heterocycles. The van der Waals surface area contributed by atoms with Crippen LogP contribution >= 0.6 is 0 Å². The Bertz CT molecular complexity index is 498. The minimum absolute atomic E-state index is 0.0645. The Labute approximate surface area is 117 Å². The molecular formula is C13H18N4O3. The fraction of sp³-hybridized carbons (Fsp3) is 0.462. The lowest BCUT2D eigenvalue weighted by atomic mass is 10.2. The number of nitrogens with one attached hydrogen (secondary N) is 1. The lowest BCUT2D eigenvalue weighted by Crippen LogP contribution is -2.50. The molecule has 0 aliphatic carbocycles. The zero-order chi connectivity index (χ0) is 14.5. The summed E-state index contributed by atoms with van der Waals surface area (Å²) in [7, 11) is 1.74. The predicted octanol–water partition coefficient (Wildman–Crippen LogP) is 0.463. The molecule has 7 nitrogen and oxygen atoms in total. The number of hydrogen-bond donors (Lipinski definition) is 1. The topological polar surface area (TPSA) is 78.7 Å². The van der Waals surface area contributed by atoms with Gasteiger partial charge in [0.15, 0.2) is 0 Å². The Balaban J connectivity index is 2.04. The first kappa shape index (κ1) is 14.3. The first-order chi connectivity index (χ1) is 9.63. The zero-order valence-electron chi connectivity index (χ0n) is 11.4. The van der Waals surface area contributed by atoms with E-state index < -0.39 is 0 Å². The molecule has 1 aliphatic rings. The molecular weight excluding hydrogens is 260 g/mol. The number of benzene rings is 1. The first-order valence-corrected chi connectivity index (χ1v) is 6.54. The molecule has 1 aromatic carbocycles. The van der Waals surface area contributed by atoms with Crippen molar-refractivity contribution >= 4 is 17.3 Å². The third kappa shape index (κ3) is 3.05. The van der Waals surface area contributed by atoms with Crippen molar-refractivity contribution in [3.8, 4) is 0 Å². The summed E-state index contributed by atoms with van der Waals surface area (Å²) in [6.45, 7) is 2.73. The Kier molecular flexibility index (Phi) is 4.52. The van der Waals surface area contributed by atoms with Crippen LogP contribution < -0.4 is 10.2 Å². The van der Waals surface area contributed by atoms with Crippen molar-refractivity contribution in [2.45, 2.75) is 0 Å². The maximum Gasteiger partial charge on any atom is 0.292 e. The zero-order valence-corrected chi connectivity index (χ0v) is 11.4. The van der Waals surface area contributed by atoms with Gasteiger partial charge in [-0.25, -0.2) is 0 Å². The average molecular weight is 278 g/mol. The number of hydrogen-bond acceptors (Lipinski definition) is 5. The van der Waals surface area contributed by atoms with Gasteiger partial charge in [0, 0.05) is 32.2 Å². The van der Waals surface area contributed by atoms with Crippen LogP contribution in [0.15, 0.2) is 24.3 Å². The lowest BCUT2D eigenvalue weighted by molar-refractivity contribution is -0.384. The molecule has 1 amide bonds. The van der Waals surface area contributed by atoms with Crippen LogP contribution in [0.5, 0.6) is 0 Å². The third-order valence-electron chi connectivity index (χ3n) is 3.38. The normalized spacial score (nSPS) is 15.2. The van der Waals surface area contributed by atoms with E-state index in [-0.39, 0.29) is 16.5 Å². The maximum atomic E-state index is 11.8.